The number of aromatic carboxylic acids is 2. The third-order valence-electron chi connectivity index (χ3n) is 6.01. The molecule has 0 spiro atoms. The van der Waals surface area contributed by atoms with E-state index >= 15 is 0 Å². The van der Waals surface area contributed by atoms with Crippen LogP contribution in [0.2, 0.25) is 0 Å². The Morgan fingerprint density at radius 2 is 0.784 bits per heavy atom. The zero-order valence-corrected chi connectivity index (χ0v) is 27.5. The number of aromatic hydroxyl groups is 2. The molecule has 0 unspecified atom stereocenters. The zero-order chi connectivity index (χ0) is 28.6. The second kappa shape index (κ2) is 11.6. The van der Waals surface area contributed by atoms with E-state index in [-0.39, 0.29) is 63.8 Å². The van der Waals surface area contributed by atoms with Crippen molar-refractivity contribution in [3.63, 3.8) is 0 Å². The van der Waals surface area contributed by atoms with Crippen molar-refractivity contribution in [1.29, 1.82) is 0 Å². The molecule has 0 bridgehead atoms. The largest absolute Gasteiger partial charge is 0.545 e. The van der Waals surface area contributed by atoms with Crippen LogP contribution in [0.15, 0.2) is 24.3 Å². The topological polar surface area (TPSA) is 121 Å². The van der Waals surface area contributed by atoms with Gasteiger partial charge in [0.2, 0.25) is 0 Å². The number of benzene rings is 2. The predicted molar refractivity (Wildman–Crippen MR) is 140 cm³/mol. The Hall–Kier alpha value is -2.40. The molecule has 6 nitrogen and oxygen atoms in total. The second-order valence-corrected chi connectivity index (χ2v) is 13.4. The molecule has 2 rings (SSSR count). The summed E-state index contributed by atoms with van der Waals surface area (Å²) >= 11 is 0. The normalized spacial score (nSPS) is 12.2. The van der Waals surface area contributed by atoms with Crippen molar-refractivity contribution in [2.45, 2.75) is 105 Å². The molecule has 0 radical (unpaired) electrons. The van der Waals surface area contributed by atoms with Crippen molar-refractivity contribution in [3.8, 4) is 11.5 Å². The molecular weight excluding hydrogens is 522 g/mol. The fourth-order valence-corrected chi connectivity index (χ4v) is 3.59. The van der Waals surface area contributed by atoms with Gasteiger partial charge in [0.1, 0.15) is 11.5 Å². The molecule has 0 heterocycles. The number of carboxylic acids is 2. The summed E-state index contributed by atoms with van der Waals surface area (Å²) in [6.45, 7) is 23.7. The van der Waals surface area contributed by atoms with Gasteiger partial charge in [-0.1, -0.05) is 95.2 Å². The molecule has 2 N–H and O–H groups in total. The molecule has 2 aromatic rings. The molecular formula is C30H42O6Zn-2. The number of rotatable bonds is 2. The first-order valence-electron chi connectivity index (χ1n) is 12.1. The van der Waals surface area contributed by atoms with Gasteiger partial charge < -0.3 is 30.0 Å². The molecule has 0 aliphatic carbocycles. The van der Waals surface area contributed by atoms with E-state index in [0.717, 1.165) is 11.1 Å². The van der Waals surface area contributed by atoms with E-state index in [4.69, 9.17) is 0 Å². The van der Waals surface area contributed by atoms with Crippen LogP contribution in [-0.4, -0.2) is 22.2 Å². The maximum absolute atomic E-state index is 11.1. The summed E-state index contributed by atoms with van der Waals surface area (Å²) in [5.41, 5.74) is 1.75. The van der Waals surface area contributed by atoms with Gasteiger partial charge in [0.15, 0.2) is 0 Å². The summed E-state index contributed by atoms with van der Waals surface area (Å²) < 4.78 is 0. The van der Waals surface area contributed by atoms with Crippen LogP contribution < -0.4 is 10.2 Å². The van der Waals surface area contributed by atoms with Crippen molar-refractivity contribution < 1.29 is 49.5 Å². The number of carboxylic acid groups (broad SMARTS) is 2. The predicted octanol–water partition coefficient (Wildman–Crippen LogP) is 4.70. The molecule has 2 aromatic carbocycles. The minimum atomic E-state index is -1.34. The fourth-order valence-electron chi connectivity index (χ4n) is 3.59. The van der Waals surface area contributed by atoms with Crippen LogP contribution in [-0.2, 0) is 41.1 Å². The van der Waals surface area contributed by atoms with Crippen LogP contribution in [0.1, 0.15) is 126 Å². The van der Waals surface area contributed by atoms with Crippen LogP contribution in [0.3, 0.4) is 0 Å². The van der Waals surface area contributed by atoms with Crippen molar-refractivity contribution in [1.82, 2.24) is 0 Å². The number of hydrogen-bond donors (Lipinski definition) is 2. The molecule has 202 valence electrons. The minimum Gasteiger partial charge on any atom is -0.545 e. The number of hydrogen-bond acceptors (Lipinski definition) is 6. The van der Waals surface area contributed by atoms with Gasteiger partial charge in [0.25, 0.3) is 0 Å². The van der Waals surface area contributed by atoms with E-state index < -0.39 is 11.9 Å². The minimum absolute atomic E-state index is 0. The van der Waals surface area contributed by atoms with E-state index in [1.54, 1.807) is 0 Å². The number of carbonyl (C=O) groups excluding carboxylic acids is 2. The average molecular weight is 564 g/mol. The Morgan fingerprint density at radius 3 is 0.946 bits per heavy atom. The SMILES string of the molecule is CC(C)(C)c1cc(C(=O)[O-])c(O)c(C(C)(C)C)c1.CC(C)(C)c1cc(C(=O)[O-])c(O)c(C(C)(C)C)c1.[Zn]. The summed E-state index contributed by atoms with van der Waals surface area (Å²) in [6, 6.07) is 6.75. The summed E-state index contributed by atoms with van der Waals surface area (Å²) in [5, 5.41) is 42.3. The van der Waals surface area contributed by atoms with E-state index in [9.17, 15) is 30.0 Å². The number of phenols is 2. The average Bonchev–Trinajstić information content (AvgIpc) is 2.64. The molecule has 0 saturated carbocycles. The van der Waals surface area contributed by atoms with Gasteiger partial charge in [-0.3, -0.25) is 0 Å². The molecule has 0 aliphatic rings. The van der Waals surface area contributed by atoms with Gasteiger partial charge >= 0.3 is 0 Å². The Morgan fingerprint density at radius 1 is 0.541 bits per heavy atom. The summed E-state index contributed by atoms with van der Waals surface area (Å²) in [6.07, 6.45) is 0. The monoisotopic (exact) mass is 562 g/mol. The van der Waals surface area contributed by atoms with E-state index in [1.165, 1.54) is 12.1 Å². The maximum atomic E-state index is 11.1. The first-order valence-corrected chi connectivity index (χ1v) is 12.1. The summed E-state index contributed by atoms with van der Waals surface area (Å²) in [4.78, 5) is 22.2. The van der Waals surface area contributed by atoms with E-state index in [2.05, 4.69) is 0 Å². The summed E-state index contributed by atoms with van der Waals surface area (Å²) in [5.74, 6) is -3.06. The van der Waals surface area contributed by atoms with Crippen LogP contribution in [0, 0.1) is 0 Å². The zero-order valence-electron chi connectivity index (χ0n) is 24.5. The van der Waals surface area contributed by atoms with Crippen LogP contribution in [0.4, 0.5) is 0 Å². The van der Waals surface area contributed by atoms with E-state index in [0.29, 0.717) is 11.1 Å². The molecule has 0 atom stereocenters. The fraction of sp³-hybridized carbons (Fsp3) is 0.533. The van der Waals surface area contributed by atoms with Crippen LogP contribution in [0.5, 0.6) is 11.5 Å². The summed E-state index contributed by atoms with van der Waals surface area (Å²) in [7, 11) is 0. The van der Waals surface area contributed by atoms with Gasteiger partial charge in [-0.25, -0.2) is 0 Å². The number of carbonyl (C=O) groups is 2. The molecule has 0 amide bonds. The van der Waals surface area contributed by atoms with Crippen LogP contribution in [0.25, 0.3) is 0 Å². The third kappa shape index (κ3) is 8.84. The Bertz CT molecular complexity index is 1050. The van der Waals surface area contributed by atoms with Gasteiger partial charge in [-0.05, 0) is 44.9 Å². The van der Waals surface area contributed by atoms with Crippen molar-refractivity contribution >= 4 is 11.9 Å². The van der Waals surface area contributed by atoms with Crippen LogP contribution >= 0.6 is 0 Å². The molecule has 0 aliphatic heterocycles. The Kier molecular flexibility index (Phi) is 10.8. The van der Waals surface area contributed by atoms with Gasteiger partial charge in [0.05, 0.1) is 11.9 Å². The molecule has 7 heteroatoms. The maximum Gasteiger partial charge on any atom is 0.128 e. The van der Waals surface area contributed by atoms with E-state index in [1.807, 2.05) is 95.2 Å². The first kappa shape index (κ1) is 34.6. The quantitative estimate of drug-likeness (QED) is 0.511. The first-order chi connectivity index (χ1) is 15.9. The van der Waals surface area contributed by atoms with Gasteiger partial charge in [-0.15, -0.1) is 0 Å². The second-order valence-electron chi connectivity index (χ2n) is 13.4. The molecule has 0 fully saturated rings. The Labute approximate surface area is 234 Å². The van der Waals surface area contributed by atoms with Crippen molar-refractivity contribution in [2.75, 3.05) is 0 Å². The molecule has 37 heavy (non-hydrogen) atoms. The van der Waals surface area contributed by atoms with Gasteiger partial charge in [-0.2, -0.15) is 0 Å². The Balaban J connectivity index is 0.000000682. The smallest absolute Gasteiger partial charge is 0.128 e. The third-order valence-corrected chi connectivity index (χ3v) is 6.01. The van der Waals surface area contributed by atoms with Crippen molar-refractivity contribution in [2.24, 2.45) is 0 Å². The van der Waals surface area contributed by atoms with Crippen molar-refractivity contribution in [3.05, 3.63) is 57.6 Å². The molecule has 0 aromatic heterocycles. The molecule has 0 saturated heterocycles. The standard InChI is InChI=1S/2C15H22O3.Zn/c2*1-14(2,3)9-7-10(13(17)18)12(16)11(8-9)15(4,5)6;/h2*7-8,16H,1-6H3,(H,17,18);/p-2. The van der Waals surface area contributed by atoms with Gasteiger partial charge in [0, 0.05) is 41.7 Å².